The molecule has 0 bridgehead atoms. The summed E-state index contributed by atoms with van der Waals surface area (Å²) in [6.07, 6.45) is 3.83. The minimum atomic E-state index is 0.598. The van der Waals surface area contributed by atoms with Crippen molar-refractivity contribution in [3.8, 4) is 5.75 Å². The van der Waals surface area contributed by atoms with E-state index in [1.54, 1.807) is 0 Å². The average Bonchev–Trinajstić information content (AvgIpc) is 2.83. The molecule has 1 unspecified atom stereocenters. The highest BCUT2D eigenvalue weighted by Gasteiger charge is 2.25. The molecular weight excluding hydrogens is 212 g/mol. The quantitative estimate of drug-likeness (QED) is 0.795. The van der Waals surface area contributed by atoms with Crippen LogP contribution in [0.3, 0.4) is 0 Å². The van der Waals surface area contributed by atoms with E-state index in [4.69, 9.17) is 10.5 Å². The van der Waals surface area contributed by atoms with Gasteiger partial charge in [-0.3, -0.25) is 0 Å². The fraction of sp³-hybridized carbons (Fsp3) is 0.571. The molecule has 1 aromatic rings. The van der Waals surface area contributed by atoms with Gasteiger partial charge in [-0.2, -0.15) is 0 Å². The lowest BCUT2D eigenvalue weighted by atomic mass is 9.92. The number of likely N-dealkylation sites (tertiary alicyclic amines) is 1. The maximum atomic E-state index is 5.97. The van der Waals surface area contributed by atoms with Gasteiger partial charge in [-0.15, -0.1) is 0 Å². The average molecular weight is 232 g/mol. The minimum Gasteiger partial charge on any atom is -0.491 e. The molecule has 92 valence electrons. The smallest absolute Gasteiger partial charge is 0.145 e. The zero-order valence-corrected chi connectivity index (χ0v) is 10.2. The molecule has 1 saturated heterocycles. The maximum absolute atomic E-state index is 5.97. The van der Waals surface area contributed by atoms with E-state index in [0.29, 0.717) is 5.92 Å². The Bertz CT molecular complexity index is 399. The van der Waals surface area contributed by atoms with Gasteiger partial charge in [-0.1, -0.05) is 12.1 Å². The van der Waals surface area contributed by atoms with Crippen molar-refractivity contribution in [2.45, 2.75) is 25.2 Å². The van der Waals surface area contributed by atoms with Crippen LogP contribution < -0.4 is 10.5 Å². The molecule has 0 saturated carbocycles. The highest BCUT2D eigenvalue weighted by atomic mass is 16.5. The van der Waals surface area contributed by atoms with E-state index < -0.39 is 0 Å². The van der Waals surface area contributed by atoms with Gasteiger partial charge in [0.25, 0.3) is 0 Å². The second-order valence-corrected chi connectivity index (χ2v) is 5.11. The first-order valence-electron chi connectivity index (χ1n) is 6.58. The summed E-state index contributed by atoms with van der Waals surface area (Å²) < 4.78 is 5.71. The number of nitrogen functional groups attached to an aromatic ring is 1. The fourth-order valence-corrected chi connectivity index (χ4v) is 2.99. The van der Waals surface area contributed by atoms with Gasteiger partial charge >= 0.3 is 0 Å². The molecule has 2 heterocycles. The molecule has 1 atom stereocenters. The number of nitrogens with zero attached hydrogens (tertiary/aromatic N) is 1. The topological polar surface area (TPSA) is 38.5 Å². The highest BCUT2D eigenvalue weighted by Crippen LogP contribution is 2.38. The van der Waals surface area contributed by atoms with Gasteiger partial charge in [-0.25, -0.2) is 0 Å². The molecule has 0 aromatic heterocycles. The number of fused-ring (bicyclic) bond motifs is 1. The second-order valence-electron chi connectivity index (χ2n) is 5.11. The van der Waals surface area contributed by atoms with Crippen LogP contribution in [0.5, 0.6) is 5.75 Å². The van der Waals surface area contributed by atoms with Crippen LogP contribution in [0.2, 0.25) is 0 Å². The third-order valence-electron chi connectivity index (χ3n) is 3.91. The number of anilines is 1. The molecule has 17 heavy (non-hydrogen) atoms. The number of nitrogens with two attached hydrogens (primary N) is 1. The first-order chi connectivity index (χ1) is 8.34. The summed E-state index contributed by atoms with van der Waals surface area (Å²) >= 11 is 0. The number of hydrogen-bond acceptors (Lipinski definition) is 3. The lowest BCUT2D eigenvalue weighted by Crippen LogP contribution is -2.28. The summed E-state index contributed by atoms with van der Waals surface area (Å²) in [6, 6.07) is 6.14. The zero-order valence-electron chi connectivity index (χ0n) is 10.2. The molecule has 0 radical (unpaired) electrons. The van der Waals surface area contributed by atoms with Gasteiger partial charge in [0.15, 0.2) is 0 Å². The second kappa shape index (κ2) is 4.57. The number of benzene rings is 1. The van der Waals surface area contributed by atoms with Crippen molar-refractivity contribution in [2.24, 2.45) is 0 Å². The summed E-state index contributed by atoms with van der Waals surface area (Å²) in [5.74, 6) is 1.53. The van der Waals surface area contributed by atoms with E-state index in [1.807, 2.05) is 12.1 Å². The summed E-state index contributed by atoms with van der Waals surface area (Å²) in [5, 5.41) is 0. The largest absolute Gasteiger partial charge is 0.491 e. The van der Waals surface area contributed by atoms with Crippen LogP contribution in [0, 0.1) is 0 Å². The molecule has 2 N–H and O–H groups in total. The molecule has 3 nitrogen and oxygen atoms in total. The van der Waals surface area contributed by atoms with Gasteiger partial charge in [0.1, 0.15) is 5.75 Å². The predicted molar refractivity (Wildman–Crippen MR) is 69.4 cm³/mol. The van der Waals surface area contributed by atoms with Crippen LogP contribution in [0.1, 0.15) is 30.7 Å². The Morgan fingerprint density at radius 3 is 2.94 bits per heavy atom. The first-order valence-corrected chi connectivity index (χ1v) is 6.58. The molecule has 3 heteroatoms. The van der Waals surface area contributed by atoms with Crippen molar-refractivity contribution in [1.29, 1.82) is 0 Å². The SMILES string of the molecule is Nc1cccc2c1OCCC2CN1CCCC1. The van der Waals surface area contributed by atoms with Crippen LogP contribution in [-0.4, -0.2) is 31.1 Å². The monoisotopic (exact) mass is 232 g/mol. The molecule has 2 aliphatic rings. The van der Waals surface area contributed by atoms with Crippen molar-refractivity contribution in [2.75, 3.05) is 32.0 Å². The Hall–Kier alpha value is -1.22. The molecule has 1 aromatic carbocycles. The van der Waals surface area contributed by atoms with Crippen LogP contribution >= 0.6 is 0 Å². The van der Waals surface area contributed by atoms with E-state index >= 15 is 0 Å². The number of rotatable bonds is 2. The van der Waals surface area contributed by atoms with Crippen LogP contribution in [0.25, 0.3) is 0 Å². The van der Waals surface area contributed by atoms with Crippen LogP contribution in [0.4, 0.5) is 5.69 Å². The van der Waals surface area contributed by atoms with Gasteiger partial charge in [0.05, 0.1) is 12.3 Å². The summed E-state index contributed by atoms with van der Waals surface area (Å²) in [4.78, 5) is 2.57. The number of para-hydroxylation sites is 1. The molecule has 0 aliphatic carbocycles. The molecular formula is C14H20N2O. The first kappa shape index (κ1) is 10.9. The van der Waals surface area contributed by atoms with Gasteiger partial charge in [-0.05, 0) is 38.4 Å². The van der Waals surface area contributed by atoms with Crippen molar-refractivity contribution < 1.29 is 4.74 Å². The lowest BCUT2D eigenvalue weighted by molar-refractivity contribution is 0.233. The Labute approximate surface area is 103 Å². The maximum Gasteiger partial charge on any atom is 0.145 e. The summed E-state index contributed by atoms with van der Waals surface area (Å²) in [5.41, 5.74) is 8.07. The predicted octanol–water partition coefficient (Wildman–Crippen LogP) is 2.23. The Morgan fingerprint density at radius 1 is 1.29 bits per heavy atom. The standard InChI is InChI=1S/C14H20N2O/c15-13-5-3-4-12-11(6-9-17-14(12)13)10-16-7-1-2-8-16/h3-5,11H,1-2,6-10,15H2. The van der Waals surface area contributed by atoms with Gasteiger partial charge in [0, 0.05) is 18.0 Å². The minimum absolute atomic E-state index is 0.598. The van der Waals surface area contributed by atoms with Crippen molar-refractivity contribution in [3.63, 3.8) is 0 Å². The Morgan fingerprint density at radius 2 is 2.12 bits per heavy atom. The summed E-state index contributed by atoms with van der Waals surface area (Å²) in [6.45, 7) is 4.49. The Balaban J connectivity index is 1.81. The van der Waals surface area contributed by atoms with Crippen molar-refractivity contribution >= 4 is 5.69 Å². The summed E-state index contributed by atoms with van der Waals surface area (Å²) in [7, 11) is 0. The molecule has 3 rings (SSSR count). The van der Waals surface area contributed by atoms with Crippen molar-refractivity contribution in [3.05, 3.63) is 23.8 Å². The molecule has 2 aliphatic heterocycles. The van der Waals surface area contributed by atoms with E-state index in [9.17, 15) is 0 Å². The van der Waals surface area contributed by atoms with Gasteiger partial charge < -0.3 is 15.4 Å². The van der Waals surface area contributed by atoms with Crippen LogP contribution in [0.15, 0.2) is 18.2 Å². The molecule has 0 spiro atoms. The van der Waals surface area contributed by atoms with E-state index in [2.05, 4.69) is 11.0 Å². The normalized spacial score (nSPS) is 24.4. The van der Waals surface area contributed by atoms with Crippen molar-refractivity contribution in [1.82, 2.24) is 4.90 Å². The lowest BCUT2D eigenvalue weighted by Gasteiger charge is -2.29. The molecule has 0 amide bonds. The van der Waals surface area contributed by atoms with Crippen LogP contribution in [-0.2, 0) is 0 Å². The van der Waals surface area contributed by atoms with E-state index in [-0.39, 0.29) is 0 Å². The third kappa shape index (κ3) is 2.12. The molecule has 1 fully saturated rings. The Kier molecular flexibility index (Phi) is 2.93. The van der Waals surface area contributed by atoms with E-state index in [1.165, 1.54) is 38.0 Å². The zero-order chi connectivity index (χ0) is 11.7. The number of ether oxygens (including phenoxy) is 1. The fourth-order valence-electron chi connectivity index (χ4n) is 2.99. The van der Waals surface area contributed by atoms with Gasteiger partial charge in [0.2, 0.25) is 0 Å². The van der Waals surface area contributed by atoms with E-state index in [0.717, 1.165) is 24.5 Å². The third-order valence-corrected chi connectivity index (χ3v) is 3.91. The highest BCUT2D eigenvalue weighted by molar-refractivity contribution is 5.58. The number of hydrogen-bond donors (Lipinski definition) is 1.